The van der Waals surface area contributed by atoms with E-state index in [0.717, 1.165) is 17.6 Å². The van der Waals surface area contributed by atoms with Crippen molar-refractivity contribution in [1.29, 1.82) is 0 Å². The number of aliphatic carboxylic acids is 1. The van der Waals surface area contributed by atoms with Crippen molar-refractivity contribution in [1.82, 2.24) is 0 Å². The van der Waals surface area contributed by atoms with Crippen molar-refractivity contribution in [2.75, 3.05) is 0 Å². The van der Waals surface area contributed by atoms with Gasteiger partial charge in [-0.25, -0.2) is 4.79 Å². The molecule has 18 heavy (non-hydrogen) atoms. The number of carbonyl (C=O) groups is 1. The molecule has 0 amide bonds. The van der Waals surface area contributed by atoms with E-state index in [1.165, 1.54) is 37.7 Å². The third-order valence-corrected chi connectivity index (χ3v) is 3.74. The molecule has 0 spiro atoms. The van der Waals surface area contributed by atoms with Gasteiger partial charge in [-0.1, -0.05) is 38.2 Å². The van der Waals surface area contributed by atoms with Gasteiger partial charge in [-0.2, -0.15) is 0 Å². The fourth-order valence-corrected chi connectivity index (χ4v) is 1.94. The Morgan fingerprint density at radius 1 is 0.833 bits per heavy atom. The summed E-state index contributed by atoms with van der Waals surface area (Å²) in [5, 5.41) is 8.98. The Labute approximate surface area is 112 Å². The first kappa shape index (κ1) is 16.9. The lowest BCUT2D eigenvalue weighted by atomic mass is 9.96. The van der Waals surface area contributed by atoms with Gasteiger partial charge >= 0.3 is 5.97 Å². The predicted molar refractivity (Wildman–Crippen MR) is 77.8 cm³/mol. The molecule has 0 radical (unpaired) electrons. The van der Waals surface area contributed by atoms with E-state index in [1.807, 2.05) is 13.8 Å². The lowest BCUT2D eigenvalue weighted by Gasteiger charge is -2.10. The minimum absolute atomic E-state index is 0.456. The Hall–Kier alpha value is -1.05. The molecular weight excluding hydrogens is 224 g/mol. The van der Waals surface area contributed by atoms with E-state index in [2.05, 4.69) is 13.8 Å². The molecule has 104 valence electrons. The highest BCUT2D eigenvalue weighted by Gasteiger charge is 2.08. The highest BCUT2D eigenvalue weighted by atomic mass is 16.4. The van der Waals surface area contributed by atoms with Crippen LogP contribution in [0.15, 0.2) is 22.3 Å². The predicted octanol–water partition coefficient (Wildman–Crippen LogP) is 5.10. The van der Waals surface area contributed by atoms with Crippen LogP contribution in [0, 0.1) is 0 Å². The van der Waals surface area contributed by atoms with Gasteiger partial charge in [0, 0.05) is 5.57 Å². The maximum atomic E-state index is 10.9. The molecule has 0 aromatic carbocycles. The summed E-state index contributed by atoms with van der Waals surface area (Å²) in [6.45, 7) is 9.95. The van der Waals surface area contributed by atoms with Crippen LogP contribution in [0.25, 0.3) is 0 Å². The molecule has 0 atom stereocenters. The molecule has 0 aliphatic rings. The van der Waals surface area contributed by atoms with Crippen molar-refractivity contribution >= 4 is 5.97 Å². The van der Waals surface area contributed by atoms with Crippen molar-refractivity contribution in [2.24, 2.45) is 0 Å². The zero-order valence-corrected chi connectivity index (χ0v) is 12.6. The van der Waals surface area contributed by atoms with E-state index in [9.17, 15) is 4.79 Å². The zero-order valence-electron chi connectivity index (χ0n) is 12.6. The van der Waals surface area contributed by atoms with E-state index < -0.39 is 5.97 Å². The van der Waals surface area contributed by atoms with Gasteiger partial charge in [-0.3, -0.25) is 0 Å². The molecule has 0 saturated carbocycles. The largest absolute Gasteiger partial charge is 0.478 e. The van der Waals surface area contributed by atoms with Gasteiger partial charge in [-0.05, 0) is 51.7 Å². The number of carboxylic acids is 1. The highest BCUT2D eigenvalue weighted by molar-refractivity contribution is 5.87. The molecular formula is C16H28O2. The Balaban J connectivity index is 4.44. The number of rotatable bonds is 8. The number of hydrogen-bond acceptors (Lipinski definition) is 1. The van der Waals surface area contributed by atoms with E-state index in [1.54, 1.807) is 6.92 Å². The first-order chi connectivity index (χ1) is 8.41. The fourth-order valence-electron chi connectivity index (χ4n) is 1.94. The quantitative estimate of drug-likeness (QED) is 0.370. The van der Waals surface area contributed by atoms with Gasteiger partial charge in [0.2, 0.25) is 0 Å². The number of carboxylic acid groups (broad SMARTS) is 1. The Kier molecular flexibility index (Phi) is 8.43. The van der Waals surface area contributed by atoms with Crippen LogP contribution in [0.4, 0.5) is 0 Å². The first-order valence-corrected chi connectivity index (χ1v) is 6.99. The standard InChI is InChI=1S/C16H28O2/c1-6-7-8-9-10-11-12(2)13(3)14(4)15(5)16(17)18/h6-11H2,1-5H3,(H,17,18)/b13-12+,15-14+. The normalized spacial score (nSPS) is 14.1. The molecule has 0 aliphatic carbocycles. The number of unbranched alkanes of at least 4 members (excludes halogenated alkanes) is 4. The maximum Gasteiger partial charge on any atom is 0.331 e. The molecule has 0 unspecified atom stereocenters. The van der Waals surface area contributed by atoms with E-state index >= 15 is 0 Å². The summed E-state index contributed by atoms with van der Waals surface area (Å²) in [7, 11) is 0. The Bertz CT molecular complexity index is 335. The van der Waals surface area contributed by atoms with Crippen LogP contribution in [-0.2, 0) is 4.79 Å². The first-order valence-electron chi connectivity index (χ1n) is 6.99. The van der Waals surface area contributed by atoms with Crippen LogP contribution in [-0.4, -0.2) is 11.1 Å². The molecule has 2 nitrogen and oxygen atoms in total. The highest BCUT2D eigenvalue weighted by Crippen LogP contribution is 2.21. The maximum absolute atomic E-state index is 10.9. The molecule has 0 rings (SSSR count). The minimum atomic E-state index is -0.817. The van der Waals surface area contributed by atoms with Crippen LogP contribution >= 0.6 is 0 Å². The van der Waals surface area contributed by atoms with Crippen LogP contribution in [0.3, 0.4) is 0 Å². The number of hydrogen-bond donors (Lipinski definition) is 1. The molecule has 0 bridgehead atoms. The number of allylic oxidation sites excluding steroid dienone is 3. The fraction of sp³-hybridized carbons (Fsp3) is 0.688. The second-order valence-corrected chi connectivity index (χ2v) is 5.12. The molecule has 0 fully saturated rings. The summed E-state index contributed by atoms with van der Waals surface area (Å²) in [5.41, 5.74) is 3.83. The smallest absolute Gasteiger partial charge is 0.331 e. The lowest BCUT2D eigenvalue weighted by Crippen LogP contribution is -2.01. The summed E-state index contributed by atoms with van der Waals surface area (Å²) in [6, 6.07) is 0. The second kappa shape index (κ2) is 8.96. The minimum Gasteiger partial charge on any atom is -0.478 e. The van der Waals surface area contributed by atoms with Crippen molar-refractivity contribution < 1.29 is 9.90 Å². The molecule has 2 heteroatoms. The monoisotopic (exact) mass is 252 g/mol. The Morgan fingerprint density at radius 2 is 1.39 bits per heavy atom. The molecule has 0 saturated heterocycles. The summed E-state index contributed by atoms with van der Waals surface area (Å²) >= 11 is 0. The summed E-state index contributed by atoms with van der Waals surface area (Å²) in [6.07, 6.45) is 7.47. The SMILES string of the molecule is CCCCCCC/C(C)=C(C)/C(C)=C(\C)C(=O)O. The molecule has 0 aromatic rings. The summed E-state index contributed by atoms with van der Waals surface area (Å²) in [4.78, 5) is 10.9. The van der Waals surface area contributed by atoms with Crippen LogP contribution in [0.1, 0.15) is 73.1 Å². The van der Waals surface area contributed by atoms with Gasteiger partial charge in [-0.15, -0.1) is 0 Å². The third-order valence-electron chi connectivity index (χ3n) is 3.74. The van der Waals surface area contributed by atoms with Crippen LogP contribution < -0.4 is 0 Å². The van der Waals surface area contributed by atoms with E-state index in [4.69, 9.17) is 5.11 Å². The zero-order chi connectivity index (χ0) is 14.1. The van der Waals surface area contributed by atoms with Crippen molar-refractivity contribution in [3.63, 3.8) is 0 Å². The van der Waals surface area contributed by atoms with Gasteiger partial charge in [0.25, 0.3) is 0 Å². The van der Waals surface area contributed by atoms with Crippen molar-refractivity contribution in [2.45, 2.75) is 73.1 Å². The van der Waals surface area contributed by atoms with Gasteiger partial charge in [0.05, 0.1) is 0 Å². The van der Waals surface area contributed by atoms with E-state index in [0.29, 0.717) is 5.57 Å². The van der Waals surface area contributed by atoms with Gasteiger partial charge in [0.1, 0.15) is 0 Å². The van der Waals surface area contributed by atoms with E-state index in [-0.39, 0.29) is 0 Å². The van der Waals surface area contributed by atoms with Crippen molar-refractivity contribution in [3.05, 3.63) is 22.3 Å². The summed E-state index contributed by atoms with van der Waals surface area (Å²) in [5.74, 6) is -0.817. The Morgan fingerprint density at radius 3 is 1.89 bits per heavy atom. The van der Waals surface area contributed by atoms with Crippen molar-refractivity contribution in [3.8, 4) is 0 Å². The van der Waals surface area contributed by atoms with Crippen LogP contribution in [0.2, 0.25) is 0 Å². The van der Waals surface area contributed by atoms with Crippen LogP contribution in [0.5, 0.6) is 0 Å². The topological polar surface area (TPSA) is 37.3 Å². The summed E-state index contributed by atoms with van der Waals surface area (Å²) < 4.78 is 0. The van der Waals surface area contributed by atoms with Gasteiger partial charge in [0.15, 0.2) is 0 Å². The third kappa shape index (κ3) is 6.04. The van der Waals surface area contributed by atoms with Gasteiger partial charge < -0.3 is 5.11 Å². The molecule has 0 aliphatic heterocycles. The molecule has 1 N–H and O–H groups in total. The molecule has 0 aromatic heterocycles. The average Bonchev–Trinajstić information content (AvgIpc) is 2.35. The second-order valence-electron chi connectivity index (χ2n) is 5.12. The lowest BCUT2D eigenvalue weighted by molar-refractivity contribution is -0.132. The average molecular weight is 252 g/mol. The molecule has 0 heterocycles.